The second-order valence-corrected chi connectivity index (χ2v) is 6.97. The summed E-state index contributed by atoms with van der Waals surface area (Å²) >= 11 is 0. The van der Waals surface area contributed by atoms with E-state index in [-0.39, 0.29) is 5.91 Å². The molecule has 4 fully saturated rings. The van der Waals surface area contributed by atoms with Crippen molar-refractivity contribution in [1.82, 2.24) is 10.2 Å². The van der Waals surface area contributed by atoms with Gasteiger partial charge in [-0.2, -0.15) is 0 Å². The molecule has 1 N–H and O–H groups in total. The first kappa shape index (κ1) is 11.7. The van der Waals surface area contributed by atoms with Gasteiger partial charge in [-0.15, -0.1) is 0 Å². The second-order valence-electron chi connectivity index (χ2n) is 6.97. The van der Waals surface area contributed by atoms with Gasteiger partial charge in [0.05, 0.1) is 0 Å². The van der Waals surface area contributed by atoms with Crippen LogP contribution in [-0.2, 0) is 9.59 Å². The van der Waals surface area contributed by atoms with Crippen molar-refractivity contribution >= 4 is 11.8 Å². The van der Waals surface area contributed by atoms with Crippen LogP contribution in [0.25, 0.3) is 0 Å². The number of amides is 2. The first-order chi connectivity index (χ1) is 9.20. The van der Waals surface area contributed by atoms with Crippen LogP contribution < -0.4 is 5.32 Å². The van der Waals surface area contributed by atoms with Crippen LogP contribution in [0.5, 0.6) is 0 Å². The molecule has 0 bridgehead atoms. The number of rotatable bonds is 1. The summed E-state index contributed by atoms with van der Waals surface area (Å²) in [6.45, 7) is 1.71. The molecule has 2 heterocycles. The monoisotopic (exact) mass is 262 g/mol. The fraction of sp³-hybridized carbons (Fsp3) is 0.867. The molecule has 4 atom stereocenters. The fourth-order valence-corrected chi connectivity index (χ4v) is 4.48. The number of hydrogen-bond acceptors (Lipinski definition) is 2. The topological polar surface area (TPSA) is 49.4 Å². The van der Waals surface area contributed by atoms with E-state index in [9.17, 15) is 9.59 Å². The number of piperidine rings is 2. The lowest BCUT2D eigenvalue weighted by atomic mass is 9.84. The predicted octanol–water partition coefficient (Wildman–Crippen LogP) is 1.16. The molecule has 4 rings (SSSR count). The molecule has 2 aliphatic carbocycles. The number of fused-ring (bicyclic) bond motifs is 2. The van der Waals surface area contributed by atoms with Crippen LogP contribution in [0, 0.1) is 23.7 Å². The normalized spacial score (nSPS) is 44.3. The van der Waals surface area contributed by atoms with Gasteiger partial charge in [0.1, 0.15) is 0 Å². The molecule has 2 aliphatic heterocycles. The molecule has 0 radical (unpaired) electrons. The van der Waals surface area contributed by atoms with Gasteiger partial charge in [-0.25, -0.2) is 0 Å². The smallest absolute Gasteiger partial charge is 0.225 e. The van der Waals surface area contributed by atoms with Gasteiger partial charge in [-0.1, -0.05) is 0 Å². The summed E-state index contributed by atoms with van der Waals surface area (Å²) in [5.41, 5.74) is 0. The van der Waals surface area contributed by atoms with Crippen molar-refractivity contribution < 1.29 is 9.59 Å². The summed E-state index contributed by atoms with van der Waals surface area (Å²) in [7, 11) is 0. The largest absolute Gasteiger partial charge is 0.353 e. The number of nitrogens with one attached hydrogen (secondary N) is 1. The van der Waals surface area contributed by atoms with Gasteiger partial charge in [0.25, 0.3) is 0 Å². The van der Waals surface area contributed by atoms with Gasteiger partial charge >= 0.3 is 0 Å². The third kappa shape index (κ3) is 2.05. The molecular formula is C15H22N2O2. The zero-order chi connectivity index (χ0) is 13.0. The van der Waals surface area contributed by atoms with Crippen molar-refractivity contribution in [3.05, 3.63) is 0 Å². The summed E-state index contributed by atoms with van der Waals surface area (Å²) in [5, 5.41) is 3.08. The summed E-state index contributed by atoms with van der Waals surface area (Å²) < 4.78 is 0. The molecule has 4 nitrogen and oxygen atoms in total. The minimum atomic E-state index is 0.192. The van der Waals surface area contributed by atoms with E-state index in [1.165, 1.54) is 6.42 Å². The molecular weight excluding hydrogens is 240 g/mol. The van der Waals surface area contributed by atoms with Crippen LogP contribution in [0.1, 0.15) is 38.5 Å². The van der Waals surface area contributed by atoms with E-state index in [1.807, 2.05) is 0 Å². The highest BCUT2D eigenvalue weighted by atomic mass is 16.2. The molecule has 0 aromatic rings. The summed E-state index contributed by atoms with van der Waals surface area (Å²) in [4.78, 5) is 26.0. The highest BCUT2D eigenvalue weighted by Crippen LogP contribution is 2.54. The lowest BCUT2D eigenvalue weighted by Gasteiger charge is -2.42. The fourth-order valence-electron chi connectivity index (χ4n) is 4.48. The van der Waals surface area contributed by atoms with E-state index in [1.54, 1.807) is 0 Å². The first-order valence-electron chi connectivity index (χ1n) is 7.79. The molecule has 19 heavy (non-hydrogen) atoms. The summed E-state index contributed by atoms with van der Waals surface area (Å²) in [6, 6.07) is 0.322. The molecule has 0 spiro atoms. The summed E-state index contributed by atoms with van der Waals surface area (Å²) in [5.74, 6) is 3.16. The Morgan fingerprint density at radius 2 is 1.89 bits per heavy atom. The maximum atomic E-state index is 12.5. The van der Waals surface area contributed by atoms with Crippen molar-refractivity contribution in [3.8, 4) is 0 Å². The van der Waals surface area contributed by atoms with Gasteiger partial charge in [0.2, 0.25) is 11.8 Å². The maximum absolute atomic E-state index is 12.5. The van der Waals surface area contributed by atoms with Crippen molar-refractivity contribution in [2.75, 3.05) is 13.1 Å². The van der Waals surface area contributed by atoms with Crippen LogP contribution in [0.3, 0.4) is 0 Å². The Morgan fingerprint density at radius 3 is 2.68 bits per heavy atom. The molecule has 2 saturated heterocycles. The van der Waals surface area contributed by atoms with E-state index in [0.717, 1.165) is 50.6 Å². The Kier molecular flexibility index (Phi) is 2.61. The van der Waals surface area contributed by atoms with Crippen molar-refractivity contribution in [3.63, 3.8) is 0 Å². The Morgan fingerprint density at radius 1 is 1.11 bits per heavy atom. The lowest BCUT2D eigenvalue weighted by Crippen LogP contribution is -2.55. The summed E-state index contributed by atoms with van der Waals surface area (Å²) in [6.07, 6.45) is 6.20. The predicted molar refractivity (Wildman–Crippen MR) is 70.2 cm³/mol. The van der Waals surface area contributed by atoms with E-state index < -0.39 is 0 Å². The molecule has 0 aromatic carbocycles. The minimum Gasteiger partial charge on any atom is -0.353 e. The van der Waals surface area contributed by atoms with Gasteiger partial charge in [0, 0.05) is 31.5 Å². The van der Waals surface area contributed by atoms with Gasteiger partial charge in [-0.3, -0.25) is 9.59 Å². The van der Waals surface area contributed by atoms with Crippen molar-refractivity contribution in [1.29, 1.82) is 0 Å². The molecule has 4 aliphatic rings. The molecule has 4 heteroatoms. The van der Waals surface area contributed by atoms with Crippen LogP contribution >= 0.6 is 0 Å². The number of carbonyl (C=O) groups is 2. The van der Waals surface area contributed by atoms with Crippen LogP contribution in [-0.4, -0.2) is 35.8 Å². The Hall–Kier alpha value is -1.06. The minimum absolute atomic E-state index is 0.192. The molecule has 2 amide bonds. The average Bonchev–Trinajstić information content (AvgIpc) is 3.04. The highest BCUT2D eigenvalue weighted by Gasteiger charge is 2.49. The van der Waals surface area contributed by atoms with Crippen LogP contribution in [0.2, 0.25) is 0 Å². The zero-order valence-electron chi connectivity index (χ0n) is 11.3. The maximum Gasteiger partial charge on any atom is 0.225 e. The SMILES string of the molecule is O=C1CCC2CN(C(=O)C3CC4CC4C3)CCC2N1. The number of hydrogen-bond donors (Lipinski definition) is 1. The third-order valence-electron chi connectivity index (χ3n) is 5.73. The van der Waals surface area contributed by atoms with Gasteiger partial charge in [-0.05, 0) is 49.9 Å². The van der Waals surface area contributed by atoms with Crippen molar-refractivity contribution in [2.45, 2.75) is 44.6 Å². The highest BCUT2D eigenvalue weighted by molar-refractivity contribution is 5.80. The van der Waals surface area contributed by atoms with E-state index in [4.69, 9.17) is 0 Å². The lowest BCUT2D eigenvalue weighted by molar-refractivity contribution is -0.139. The van der Waals surface area contributed by atoms with E-state index in [2.05, 4.69) is 10.2 Å². The van der Waals surface area contributed by atoms with E-state index in [0.29, 0.717) is 30.2 Å². The Balaban J connectivity index is 1.38. The quantitative estimate of drug-likeness (QED) is 0.771. The van der Waals surface area contributed by atoms with Crippen LogP contribution in [0.4, 0.5) is 0 Å². The number of carbonyl (C=O) groups excluding carboxylic acids is 2. The first-order valence-corrected chi connectivity index (χ1v) is 7.79. The standard InChI is InChI=1S/C15H22N2O2/c18-14-2-1-9-8-17(4-3-13(9)16-14)15(19)12-6-10-5-11(10)7-12/h9-13H,1-8H2,(H,16,18). The number of likely N-dealkylation sites (tertiary alicyclic amines) is 1. The third-order valence-corrected chi connectivity index (χ3v) is 5.73. The molecule has 4 unspecified atom stereocenters. The molecule has 2 saturated carbocycles. The van der Waals surface area contributed by atoms with Gasteiger partial charge in [0.15, 0.2) is 0 Å². The second kappa shape index (κ2) is 4.22. The van der Waals surface area contributed by atoms with E-state index >= 15 is 0 Å². The zero-order valence-corrected chi connectivity index (χ0v) is 11.3. The molecule has 104 valence electrons. The molecule has 0 aromatic heterocycles. The van der Waals surface area contributed by atoms with Crippen LogP contribution in [0.15, 0.2) is 0 Å². The average molecular weight is 262 g/mol. The van der Waals surface area contributed by atoms with Gasteiger partial charge < -0.3 is 10.2 Å². The van der Waals surface area contributed by atoms with Crippen molar-refractivity contribution in [2.24, 2.45) is 23.7 Å². The Labute approximate surface area is 113 Å². The number of nitrogens with zero attached hydrogens (tertiary/aromatic N) is 1. The Bertz CT molecular complexity index is 412.